The largest absolute Gasteiger partial charge is 0.385 e. The van der Waals surface area contributed by atoms with Crippen molar-refractivity contribution in [2.75, 3.05) is 13.7 Å². The molecule has 1 rings (SSSR count). The molecule has 1 nitrogen and oxygen atoms in total. The molecule has 0 atom stereocenters. The van der Waals surface area contributed by atoms with Crippen molar-refractivity contribution in [3.63, 3.8) is 0 Å². The number of halogens is 2. The van der Waals surface area contributed by atoms with E-state index in [4.69, 9.17) is 27.9 Å². The highest BCUT2D eigenvalue weighted by Crippen LogP contribution is 2.22. The standard InChI is InChI=1S/C11H14Cl2O/c1-14-7-3-2-4-9-5-6-10(12)8-11(9)13/h5-6,8H,2-4,7H2,1H3. The third-order valence-corrected chi connectivity index (χ3v) is 2.65. The third kappa shape index (κ3) is 3.87. The molecule has 1 aromatic rings. The maximum atomic E-state index is 6.03. The van der Waals surface area contributed by atoms with Gasteiger partial charge < -0.3 is 4.74 Å². The second-order valence-electron chi connectivity index (χ2n) is 3.19. The Morgan fingerprint density at radius 3 is 2.64 bits per heavy atom. The average molecular weight is 233 g/mol. The number of ether oxygens (including phenoxy) is 1. The number of aryl methyl sites for hydroxylation is 1. The molecule has 0 aliphatic heterocycles. The van der Waals surface area contributed by atoms with Crippen molar-refractivity contribution < 1.29 is 4.74 Å². The lowest BCUT2D eigenvalue weighted by atomic mass is 10.1. The van der Waals surface area contributed by atoms with Crippen molar-refractivity contribution in [1.29, 1.82) is 0 Å². The zero-order chi connectivity index (χ0) is 10.4. The van der Waals surface area contributed by atoms with Crippen molar-refractivity contribution in [3.05, 3.63) is 33.8 Å². The summed E-state index contributed by atoms with van der Waals surface area (Å²) < 4.78 is 4.98. The fourth-order valence-corrected chi connectivity index (χ4v) is 1.79. The first-order chi connectivity index (χ1) is 6.74. The Hall–Kier alpha value is -0.240. The van der Waals surface area contributed by atoms with Gasteiger partial charge >= 0.3 is 0 Å². The van der Waals surface area contributed by atoms with Crippen LogP contribution in [0.3, 0.4) is 0 Å². The van der Waals surface area contributed by atoms with Crippen LogP contribution in [0.5, 0.6) is 0 Å². The van der Waals surface area contributed by atoms with Crippen LogP contribution in [0.2, 0.25) is 10.0 Å². The van der Waals surface area contributed by atoms with Gasteiger partial charge in [-0.2, -0.15) is 0 Å². The van der Waals surface area contributed by atoms with Crippen molar-refractivity contribution >= 4 is 23.2 Å². The fourth-order valence-electron chi connectivity index (χ4n) is 1.29. The first kappa shape index (κ1) is 11.8. The monoisotopic (exact) mass is 232 g/mol. The van der Waals surface area contributed by atoms with E-state index in [1.165, 1.54) is 0 Å². The summed E-state index contributed by atoms with van der Waals surface area (Å²) in [6.45, 7) is 0.811. The summed E-state index contributed by atoms with van der Waals surface area (Å²) in [5.41, 5.74) is 1.16. The first-order valence-electron chi connectivity index (χ1n) is 4.67. The van der Waals surface area contributed by atoms with Gasteiger partial charge in [0.05, 0.1) is 0 Å². The summed E-state index contributed by atoms with van der Waals surface area (Å²) in [6, 6.07) is 5.64. The van der Waals surface area contributed by atoms with Crippen molar-refractivity contribution in [1.82, 2.24) is 0 Å². The number of hydrogen-bond acceptors (Lipinski definition) is 1. The SMILES string of the molecule is COCCCCc1ccc(Cl)cc1Cl. The Morgan fingerprint density at radius 2 is 2.00 bits per heavy atom. The van der Waals surface area contributed by atoms with Gasteiger partial charge in [-0.05, 0) is 37.0 Å². The Labute approximate surface area is 95.0 Å². The van der Waals surface area contributed by atoms with Crippen LogP contribution in [0.4, 0.5) is 0 Å². The normalized spacial score (nSPS) is 10.5. The van der Waals surface area contributed by atoms with Crippen LogP contribution in [0.1, 0.15) is 18.4 Å². The molecular formula is C11H14Cl2O. The van der Waals surface area contributed by atoms with E-state index in [0.717, 1.165) is 36.5 Å². The van der Waals surface area contributed by atoms with Crippen LogP contribution in [0, 0.1) is 0 Å². The highest BCUT2D eigenvalue weighted by atomic mass is 35.5. The topological polar surface area (TPSA) is 9.23 Å². The molecular weight excluding hydrogens is 219 g/mol. The molecule has 1 aromatic carbocycles. The van der Waals surface area contributed by atoms with Gasteiger partial charge in [-0.3, -0.25) is 0 Å². The predicted molar refractivity (Wildman–Crippen MR) is 61.3 cm³/mol. The molecule has 0 unspecified atom stereocenters. The summed E-state index contributed by atoms with van der Waals surface area (Å²) in [4.78, 5) is 0. The molecule has 0 saturated carbocycles. The molecule has 0 N–H and O–H groups in total. The minimum atomic E-state index is 0.690. The minimum absolute atomic E-state index is 0.690. The van der Waals surface area contributed by atoms with Gasteiger partial charge in [-0.1, -0.05) is 29.3 Å². The molecule has 0 amide bonds. The average Bonchev–Trinajstić information content (AvgIpc) is 2.15. The maximum Gasteiger partial charge on any atom is 0.0462 e. The molecule has 3 heteroatoms. The van der Waals surface area contributed by atoms with Crippen LogP contribution < -0.4 is 0 Å². The van der Waals surface area contributed by atoms with E-state index in [9.17, 15) is 0 Å². The Morgan fingerprint density at radius 1 is 1.21 bits per heavy atom. The third-order valence-electron chi connectivity index (χ3n) is 2.06. The number of hydrogen-bond donors (Lipinski definition) is 0. The summed E-state index contributed by atoms with van der Waals surface area (Å²) in [5.74, 6) is 0. The Balaban J connectivity index is 2.42. The summed E-state index contributed by atoms with van der Waals surface area (Å²) in [6.07, 6.45) is 3.14. The molecule has 0 radical (unpaired) electrons. The van der Waals surface area contributed by atoms with Crippen molar-refractivity contribution in [2.24, 2.45) is 0 Å². The molecule has 0 aliphatic carbocycles. The summed E-state index contributed by atoms with van der Waals surface area (Å²) in [7, 11) is 1.72. The van der Waals surface area contributed by atoms with Crippen LogP contribution in [0.25, 0.3) is 0 Å². The predicted octanol–water partition coefficient (Wildman–Crippen LogP) is 3.96. The van der Waals surface area contributed by atoms with Gasteiger partial charge in [0.2, 0.25) is 0 Å². The van der Waals surface area contributed by atoms with Crippen LogP contribution in [-0.4, -0.2) is 13.7 Å². The van der Waals surface area contributed by atoms with E-state index in [1.807, 2.05) is 12.1 Å². The van der Waals surface area contributed by atoms with Crippen LogP contribution >= 0.6 is 23.2 Å². The summed E-state index contributed by atoms with van der Waals surface area (Å²) >= 11 is 11.8. The van der Waals surface area contributed by atoms with Crippen molar-refractivity contribution in [2.45, 2.75) is 19.3 Å². The molecule has 0 heterocycles. The lowest BCUT2D eigenvalue weighted by Crippen LogP contribution is -1.92. The molecule has 0 aromatic heterocycles. The van der Waals surface area contributed by atoms with Gasteiger partial charge in [0.1, 0.15) is 0 Å². The highest BCUT2D eigenvalue weighted by Gasteiger charge is 2.00. The van der Waals surface area contributed by atoms with Crippen molar-refractivity contribution in [3.8, 4) is 0 Å². The summed E-state index contributed by atoms with van der Waals surface area (Å²) in [5, 5.41) is 1.45. The molecule has 0 bridgehead atoms. The van der Waals surface area contributed by atoms with E-state index in [-0.39, 0.29) is 0 Å². The molecule has 0 spiro atoms. The molecule has 78 valence electrons. The number of rotatable bonds is 5. The Bertz CT molecular complexity index is 287. The lowest BCUT2D eigenvalue weighted by Gasteiger charge is -2.04. The lowest BCUT2D eigenvalue weighted by molar-refractivity contribution is 0.193. The molecule has 0 fully saturated rings. The number of methoxy groups -OCH3 is 1. The number of unbranched alkanes of at least 4 members (excludes halogenated alkanes) is 1. The second kappa shape index (κ2) is 6.28. The quantitative estimate of drug-likeness (QED) is 0.699. The zero-order valence-electron chi connectivity index (χ0n) is 8.22. The van der Waals surface area contributed by atoms with Gasteiger partial charge in [0, 0.05) is 23.8 Å². The Kier molecular flexibility index (Phi) is 5.31. The first-order valence-corrected chi connectivity index (χ1v) is 5.42. The zero-order valence-corrected chi connectivity index (χ0v) is 9.74. The smallest absolute Gasteiger partial charge is 0.0462 e. The second-order valence-corrected chi connectivity index (χ2v) is 4.03. The van der Waals surface area contributed by atoms with E-state index in [2.05, 4.69) is 0 Å². The fraction of sp³-hybridized carbons (Fsp3) is 0.455. The van der Waals surface area contributed by atoms with Crippen LogP contribution in [-0.2, 0) is 11.2 Å². The van der Waals surface area contributed by atoms with Gasteiger partial charge in [-0.25, -0.2) is 0 Å². The van der Waals surface area contributed by atoms with Gasteiger partial charge in [-0.15, -0.1) is 0 Å². The number of benzene rings is 1. The van der Waals surface area contributed by atoms with Gasteiger partial charge in [0.25, 0.3) is 0 Å². The highest BCUT2D eigenvalue weighted by molar-refractivity contribution is 6.35. The van der Waals surface area contributed by atoms with E-state index in [1.54, 1.807) is 13.2 Å². The van der Waals surface area contributed by atoms with Gasteiger partial charge in [0.15, 0.2) is 0 Å². The molecule has 0 aliphatic rings. The maximum absolute atomic E-state index is 6.03. The molecule has 14 heavy (non-hydrogen) atoms. The minimum Gasteiger partial charge on any atom is -0.385 e. The van der Waals surface area contributed by atoms with E-state index >= 15 is 0 Å². The van der Waals surface area contributed by atoms with Crippen LogP contribution in [0.15, 0.2) is 18.2 Å². The van der Waals surface area contributed by atoms with E-state index < -0.39 is 0 Å². The van der Waals surface area contributed by atoms with E-state index in [0.29, 0.717) is 5.02 Å². The molecule has 0 saturated heterocycles.